The molecular formula is C11H19N. The van der Waals surface area contributed by atoms with E-state index in [9.17, 15) is 0 Å². The highest BCUT2D eigenvalue weighted by Gasteiger charge is 2.23. The second-order valence-electron chi connectivity index (χ2n) is 3.80. The van der Waals surface area contributed by atoms with Gasteiger partial charge in [0.15, 0.2) is 0 Å². The lowest BCUT2D eigenvalue weighted by Crippen LogP contribution is -2.23. The summed E-state index contributed by atoms with van der Waals surface area (Å²) in [6.45, 7) is 11.1. The maximum absolute atomic E-state index is 4.61. The highest BCUT2D eigenvalue weighted by Crippen LogP contribution is 2.30. The average molecular weight is 165 g/mol. The van der Waals surface area contributed by atoms with Gasteiger partial charge in [-0.2, -0.15) is 0 Å². The van der Waals surface area contributed by atoms with Gasteiger partial charge < -0.3 is 0 Å². The van der Waals surface area contributed by atoms with Crippen molar-refractivity contribution >= 4 is 5.71 Å². The maximum atomic E-state index is 4.61. The Morgan fingerprint density at radius 2 is 1.75 bits per heavy atom. The standard InChI is InChI=1S/C11H19N/c1-6-11-9(4)7(2)8(3)10(5)12-11/h7,9H,6H2,1-5H3. The van der Waals surface area contributed by atoms with Crippen molar-refractivity contribution in [2.75, 3.05) is 0 Å². The summed E-state index contributed by atoms with van der Waals surface area (Å²) in [7, 11) is 0. The molecule has 0 N–H and O–H groups in total. The number of hydrogen-bond donors (Lipinski definition) is 0. The topological polar surface area (TPSA) is 12.4 Å². The van der Waals surface area contributed by atoms with E-state index in [4.69, 9.17) is 0 Å². The molecular weight excluding hydrogens is 146 g/mol. The van der Waals surface area contributed by atoms with Crippen LogP contribution in [0.2, 0.25) is 0 Å². The quantitative estimate of drug-likeness (QED) is 0.564. The monoisotopic (exact) mass is 165 g/mol. The molecule has 1 rings (SSSR count). The third kappa shape index (κ3) is 1.45. The summed E-state index contributed by atoms with van der Waals surface area (Å²) >= 11 is 0. The molecule has 0 aromatic rings. The molecule has 0 spiro atoms. The van der Waals surface area contributed by atoms with Crippen molar-refractivity contribution in [2.45, 2.75) is 41.0 Å². The fourth-order valence-corrected chi connectivity index (χ4v) is 1.80. The zero-order valence-electron chi connectivity index (χ0n) is 8.81. The minimum Gasteiger partial charge on any atom is -0.262 e. The molecule has 1 aliphatic rings. The Morgan fingerprint density at radius 3 is 2.25 bits per heavy atom. The first-order valence-corrected chi connectivity index (χ1v) is 4.82. The normalized spacial score (nSPS) is 30.6. The molecule has 0 amide bonds. The van der Waals surface area contributed by atoms with Gasteiger partial charge in [-0.05, 0) is 31.8 Å². The molecule has 68 valence electrons. The molecule has 1 heteroatoms. The van der Waals surface area contributed by atoms with Crippen LogP contribution in [0, 0.1) is 11.8 Å². The number of hydrogen-bond acceptors (Lipinski definition) is 1. The molecule has 0 saturated carbocycles. The van der Waals surface area contributed by atoms with Crippen molar-refractivity contribution in [3.8, 4) is 0 Å². The molecule has 0 radical (unpaired) electrons. The number of nitrogens with zero attached hydrogens (tertiary/aromatic N) is 1. The molecule has 2 atom stereocenters. The second kappa shape index (κ2) is 3.42. The van der Waals surface area contributed by atoms with Gasteiger partial charge in [0.2, 0.25) is 0 Å². The Kier molecular flexibility index (Phi) is 2.71. The largest absolute Gasteiger partial charge is 0.262 e. The van der Waals surface area contributed by atoms with Crippen LogP contribution in [0.25, 0.3) is 0 Å². The molecule has 0 fully saturated rings. The fourth-order valence-electron chi connectivity index (χ4n) is 1.80. The van der Waals surface area contributed by atoms with E-state index in [0.29, 0.717) is 11.8 Å². The van der Waals surface area contributed by atoms with Gasteiger partial charge in [-0.3, -0.25) is 4.99 Å². The van der Waals surface area contributed by atoms with Gasteiger partial charge in [-0.15, -0.1) is 0 Å². The zero-order valence-corrected chi connectivity index (χ0v) is 8.81. The van der Waals surface area contributed by atoms with Gasteiger partial charge in [0.05, 0.1) is 0 Å². The Labute approximate surface area is 75.6 Å². The van der Waals surface area contributed by atoms with Crippen molar-refractivity contribution in [1.29, 1.82) is 0 Å². The smallest absolute Gasteiger partial charge is 0.0364 e. The minimum absolute atomic E-state index is 0.638. The number of aliphatic imine (C=N–C) groups is 1. The van der Waals surface area contributed by atoms with Crippen LogP contribution in [0.3, 0.4) is 0 Å². The van der Waals surface area contributed by atoms with Crippen LogP contribution in [0.4, 0.5) is 0 Å². The van der Waals surface area contributed by atoms with E-state index in [-0.39, 0.29) is 0 Å². The first kappa shape index (κ1) is 9.50. The molecule has 0 aromatic heterocycles. The SMILES string of the molecule is CCC1=NC(C)=C(C)C(C)C1C. The molecule has 0 aromatic carbocycles. The van der Waals surface area contributed by atoms with Crippen LogP contribution in [0.1, 0.15) is 41.0 Å². The van der Waals surface area contributed by atoms with Gasteiger partial charge >= 0.3 is 0 Å². The van der Waals surface area contributed by atoms with Crippen LogP contribution in [-0.4, -0.2) is 5.71 Å². The summed E-state index contributed by atoms with van der Waals surface area (Å²) in [5.74, 6) is 1.32. The molecule has 0 bridgehead atoms. The van der Waals surface area contributed by atoms with Gasteiger partial charge in [-0.1, -0.05) is 20.8 Å². The van der Waals surface area contributed by atoms with E-state index in [1.54, 1.807) is 0 Å². The maximum Gasteiger partial charge on any atom is 0.0364 e. The summed E-state index contributed by atoms with van der Waals surface area (Å²) < 4.78 is 0. The van der Waals surface area contributed by atoms with Crippen LogP contribution >= 0.6 is 0 Å². The van der Waals surface area contributed by atoms with Crippen LogP contribution < -0.4 is 0 Å². The van der Waals surface area contributed by atoms with Gasteiger partial charge in [0.1, 0.15) is 0 Å². The highest BCUT2D eigenvalue weighted by molar-refractivity contribution is 5.88. The summed E-state index contributed by atoms with van der Waals surface area (Å²) in [5, 5.41) is 0. The van der Waals surface area contributed by atoms with Gasteiger partial charge in [-0.25, -0.2) is 0 Å². The second-order valence-corrected chi connectivity index (χ2v) is 3.80. The van der Waals surface area contributed by atoms with Crippen LogP contribution in [0.5, 0.6) is 0 Å². The van der Waals surface area contributed by atoms with Crippen LogP contribution in [-0.2, 0) is 0 Å². The predicted molar refractivity (Wildman–Crippen MR) is 54.4 cm³/mol. The van der Waals surface area contributed by atoms with Crippen molar-refractivity contribution in [3.63, 3.8) is 0 Å². The Bertz CT molecular complexity index is 235. The highest BCUT2D eigenvalue weighted by atomic mass is 14.8. The van der Waals surface area contributed by atoms with Crippen molar-refractivity contribution < 1.29 is 0 Å². The van der Waals surface area contributed by atoms with E-state index in [1.165, 1.54) is 17.0 Å². The third-order valence-corrected chi connectivity index (χ3v) is 3.20. The number of allylic oxidation sites excluding steroid dienone is 2. The van der Waals surface area contributed by atoms with E-state index in [1.807, 2.05) is 0 Å². The van der Waals surface area contributed by atoms with Crippen molar-refractivity contribution in [3.05, 3.63) is 11.3 Å². The summed E-state index contributed by atoms with van der Waals surface area (Å²) in [5.41, 5.74) is 4.06. The molecule has 0 aliphatic carbocycles. The Hall–Kier alpha value is -0.590. The third-order valence-electron chi connectivity index (χ3n) is 3.20. The van der Waals surface area contributed by atoms with Crippen molar-refractivity contribution in [1.82, 2.24) is 0 Å². The molecule has 1 nitrogen and oxygen atoms in total. The molecule has 1 heterocycles. The molecule has 0 saturated heterocycles. The molecule has 1 aliphatic heterocycles. The van der Waals surface area contributed by atoms with Gasteiger partial charge in [0.25, 0.3) is 0 Å². The Balaban J connectivity index is 3.00. The molecule has 2 unspecified atom stereocenters. The zero-order chi connectivity index (χ0) is 9.30. The molecule has 12 heavy (non-hydrogen) atoms. The minimum atomic E-state index is 0.638. The first-order chi connectivity index (χ1) is 5.57. The van der Waals surface area contributed by atoms with Gasteiger partial charge in [0, 0.05) is 17.3 Å². The average Bonchev–Trinajstić information content (AvgIpc) is 2.08. The van der Waals surface area contributed by atoms with E-state index in [0.717, 1.165) is 6.42 Å². The van der Waals surface area contributed by atoms with E-state index >= 15 is 0 Å². The lowest BCUT2D eigenvalue weighted by molar-refractivity contribution is 0.534. The fraction of sp³-hybridized carbons (Fsp3) is 0.727. The summed E-state index contributed by atoms with van der Waals surface area (Å²) in [4.78, 5) is 4.61. The first-order valence-electron chi connectivity index (χ1n) is 4.82. The summed E-state index contributed by atoms with van der Waals surface area (Å²) in [6, 6.07) is 0. The lowest BCUT2D eigenvalue weighted by Gasteiger charge is -2.27. The Morgan fingerprint density at radius 1 is 1.17 bits per heavy atom. The summed E-state index contributed by atoms with van der Waals surface area (Å²) in [6.07, 6.45) is 1.09. The van der Waals surface area contributed by atoms with Crippen LogP contribution in [0.15, 0.2) is 16.3 Å². The lowest BCUT2D eigenvalue weighted by atomic mass is 9.82. The predicted octanol–water partition coefficient (Wildman–Crippen LogP) is 3.42. The number of rotatable bonds is 1. The van der Waals surface area contributed by atoms with E-state index < -0.39 is 0 Å². The van der Waals surface area contributed by atoms with E-state index in [2.05, 4.69) is 39.6 Å². The van der Waals surface area contributed by atoms with Crippen molar-refractivity contribution in [2.24, 2.45) is 16.8 Å².